The summed E-state index contributed by atoms with van der Waals surface area (Å²) in [6.07, 6.45) is 1.62. The summed E-state index contributed by atoms with van der Waals surface area (Å²) in [4.78, 5) is 27.0. The first-order chi connectivity index (χ1) is 11.5. The number of esters is 1. The highest BCUT2D eigenvalue weighted by Gasteiger charge is 2.31. The molecule has 1 aliphatic heterocycles. The second kappa shape index (κ2) is 6.67. The molecule has 0 aliphatic carbocycles. The lowest BCUT2D eigenvalue weighted by Gasteiger charge is -2.31. The standard InChI is InChI=1S/C19H24N2O3/c1-4-24-19(23)14-8-7-11-21(12-14)18(22)17-13(2)20(3)16-10-6-5-9-15(16)17/h5-6,9-10,14H,4,7-8,11-12H2,1-3H3. The van der Waals surface area contributed by atoms with Crippen LogP contribution in [0, 0.1) is 12.8 Å². The summed E-state index contributed by atoms with van der Waals surface area (Å²) in [6, 6.07) is 7.95. The summed E-state index contributed by atoms with van der Waals surface area (Å²) in [5.74, 6) is -0.388. The topological polar surface area (TPSA) is 51.5 Å². The molecule has 2 aromatic rings. The molecule has 1 aliphatic rings. The molecule has 1 saturated heterocycles. The molecule has 0 bridgehead atoms. The van der Waals surface area contributed by atoms with Crippen LogP contribution in [-0.2, 0) is 16.6 Å². The van der Waals surface area contributed by atoms with E-state index in [0.717, 1.165) is 35.0 Å². The third kappa shape index (κ3) is 2.79. The van der Waals surface area contributed by atoms with Gasteiger partial charge in [-0.2, -0.15) is 0 Å². The minimum Gasteiger partial charge on any atom is -0.466 e. The maximum atomic E-state index is 13.1. The van der Waals surface area contributed by atoms with E-state index in [1.807, 2.05) is 45.2 Å². The van der Waals surface area contributed by atoms with Crippen molar-refractivity contribution in [3.8, 4) is 0 Å². The number of hydrogen-bond acceptors (Lipinski definition) is 3. The first kappa shape index (κ1) is 16.6. The highest BCUT2D eigenvalue weighted by atomic mass is 16.5. The minimum absolute atomic E-state index is 0.0123. The van der Waals surface area contributed by atoms with Crippen molar-refractivity contribution in [2.45, 2.75) is 26.7 Å². The molecule has 1 aromatic carbocycles. The van der Waals surface area contributed by atoms with Gasteiger partial charge in [0.1, 0.15) is 0 Å². The molecule has 0 saturated carbocycles. The zero-order valence-electron chi connectivity index (χ0n) is 14.5. The first-order valence-corrected chi connectivity index (χ1v) is 8.54. The van der Waals surface area contributed by atoms with Gasteiger partial charge in [-0.25, -0.2) is 0 Å². The Balaban J connectivity index is 1.89. The number of aryl methyl sites for hydroxylation is 1. The van der Waals surface area contributed by atoms with Crippen LogP contribution in [0.5, 0.6) is 0 Å². The van der Waals surface area contributed by atoms with Crippen molar-refractivity contribution in [2.24, 2.45) is 13.0 Å². The fourth-order valence-corrected chi connectivity index (χ4v) is 3.56. The highest BCUT2D eigenvalue weighted by molar-refractivity contribution is 6.08. The molecule has 24 heavy (non-hydrogen) atoms. The van der Waals surface area contributed by atoms with Crippen LogP contribution in [0.15, 0.2) is 24.3 Å². The van der Waals surface area contributed by atoms with Crippen molar-refractivity contribution in [1.29, 1.82) is 0 Å². The molecule has 1 fully saturated rings. The third-order valence-corrected chi connectivity index (χ3v) is 4.94. The van der Waals surface area contributed by atoms with E-state index in [0.29, 0.717) is 19.7 Å². The zero-order valence-corrected chi connectivity index (χ0v) is 14.5. The van der Waals surface area contributed by atoms with Crippen molar-refractivity contribution in [3.05, 3.63) is 35.5 Å². The number of aromatic nitrogens is 1. The molecule has 1 atom stereocenters. The predicted octanol–water partition coefficient (Wildman–Crippen LogP) is 2.90. The lowest BCUT2D eigenvalue weighted by Crippen LogP contribution is -2.43. The molecule has 5 nitrogen and oxygen atoms in total. The lowest BCUT2D eigenvalue weighted by molar-refractivity contribution is -0.149. The van der Waals surface area contributed by atoms with E-state index in [9.17, 15) is 9.59 Å². The lowest BCUT2D eigenvalue weighted by atomic mass is 9.97. The smallest absolute Gasteiger partial charge is 0.310 e. The maximum Gasteiger partial charge on any atom is 0.310 e. The van der Waals surface area contributed by atoms with Crippen molar-refractivity contribution in [1.82, 2.24) is 9.47 Å². The molecule has 1 aromatic heterocycles. The van der Waals surface area contributed by atoms with Crippen LogP contribution < -0.4 is 0 Å². The Kier molecular flexibility index (Phi) is 4.60. The number of likely N-dealkylation sites (tertiary alicyclic amines) is 1. The summed E-state index contributed by atoms with van der Waals surface area (Å²) < 4.78 is 7.18. The van der Waals surface area contributed by atoms with Crippen LogP contribution in [0.25, 0.3) is 10.9 Å². The summed E-state index contributed by atoms with van der Waals surface area (Å²) in [6.45, 7) is 5.30. The molecule has 0 N–H and O–H groups in total. The van der Waals surface area contributed by atoms with Gasteiger partial charge in [-0.1, -0.05) is 18.2 Å². The van der Waals surface area contributed by atoms with Crippen molar-refractivity contribution in [3.63, 3.8) is 0 Å². The van der Waals surface area contributed by atoms with Gasteiger partial charge < -0.3 is 14.2 Å². The van der Waals surface area contributed by atoms with E-state index in [1.165, 1.54) is 0 Å². The van der Waals surface area contributed by atoms with Gasteiger partial charge in [0.25, 0.3) is 5.91 Å². The molecule has 1 amide bonds. The SMILES string of the molecule is CCOC(=O)C1CCCN(C(=O)c2c(C)n(C)c3ccccc23)C1. The molecular weight excluding hydrogens is 304 g/mol. The molecule has 128 valence electrons. The van der Waals surface area contributed by atoms with Crippen LogP contribution in [0.3, 0.4) is 0 Å². The number of hydrogen-bond donors (Lipinski definition) is 0. The van der Waals surface area contributed by atoms with E-state index in [1.54, 1.807) is 4.90 Å². The van der Waals surface area contributed by atoms with Gasteiger partial charge in [0.05, 0.1) is 18.1 Å². The summed E-state index contributed by atoms with van der Waals surface area (Å²) in [5, 5.41) is 0.973. The number of carbonyl (C=O) groups is 2. The largest absolute Gasteiger partial charge is 0.466 e. The molecule has 3 rings (SSSR count). The average molecular weight is 328 g/mol. The van der Waals surface area contributed by atoms with Crippen LogP contribution in [0.1, 0.15) is 35.8 Å². The van der Waals surface area contributed by atoms with Gasteiger partial charge in [-0.15, -0.1) is 0 Å². The highest BCUT2D eigenvalue weighted by Crippen LogP contribution is 2.28. The van der Waals surface area contributed by atoms with Crippen LogP contribution in [0.4, 0.5) is 0 Å². The molecule has 5 heteroatoms. The number of benzene rings is 1. The number of piperidine rings is 1. The zero-order chi connectivity index (χ0) is 17.3. The Morgan fingerprint density at radius 2 is 2.04 bits per heavy atom. The molecule has 0 radical (unpaired) electrons. The van der Waals surface area contributed by atoms with Gasteiger partial charge in [-0.05, 0) is 32.8 Å². The van der Waals surface area contributed by atoms with Gasteiger partial charge in [0, 0.05) is 36.7 Å². The Morgan fingerprint density at radius 3 is 2.79 bits per heavy atom. The van der Waals surface area contributed by atoms with E-state index in [4.69, 9.17) is 4.74 Å². The van der Waals surface area contributed by atoms with Gasteiger partial charge >= 0.3 is 5.97 Å². The second-order valence-electron chi connectivity index (χ2n) is 6.38. The maximum absolute atomic E-state index is 13.1. The molecule has 0 spiro atoms. The van der Waals surface area contributed by atoms with Crippen molar-refractivity contribution >= 4 is 22.8 Å². The van der Waals surface area contributed by atoms with Crippen molar-refractivity contribution in [2.75, 3.05) is 19.7 Å². The summed E-state index contributed by atoms with van der Waals surface area (Å²) >= 11 is 0. The first-order valence-electron chi connectivity index (χ1n) is 8.54. The van der Waals surface area contributed by atoms with Crippen LogP contribution >= 0.6 is 0 Å². The number of nitrogens with zero attached hydrogens (tertiary/aromatic N) is 2. The number of ether oxygens (including phenoxy) is 1. The minimum atomic E-state index is -0.210. The predicted molar refractivity (Wildman–Crippen MR) is 92.9 cm³/mol. The molecular formula is C19H24N2O3. The number of amides is 1. The van der Waals surface area contributed by atoms with Crippen LogP contribution in [-0.4, -0.2) is 41.0 Å². The Bertz CT molecular complexity index is 778. The van der Waals surface area contributed by atoms with Gasteiger partial charge in [0.2, 0.25) is 0 Å². The van der Waals surface area contributed by atoms with Crippen molar-refractivity contribution < 1.29 is 14.3 Å². The normalized spacial score (nSPS) is 18.0. The Labute approximate surface area is 142 Å². The number of fused-ring (bicyclic) bond motifs is 1. The fraction of sp³-hybridized carbons (Fsp3) is 0.474. The quantitative estimate of drug-likeness (QED) is 0.814. The van der Waals surface area contributed by atoms with Crippen LogP contribution in [0.2, 0.25) is 0 Å². The number of rotatable bonds is 3. The monoisotopic (exact) mass is 328 g/mol. The number of carbonyl (C=O) groups excluding carboxylic acids is 2. The van der Waals surface area contributed by atoms with E-state index in [-0.39, 0.29) is 17.8 Å². The molecule has 1 unspecified atom stereocenters. The fourth-order valence-electron chi connectivity index (χ4n) is 3.56. The summed E-state index contributed by atoms with van der Waals surface area (Å²) in [7, 11) is 1.98. The van der Waals surface area contributed by atoms with E-state index < -0.39 is 0 Å². The van der Waals surface area contributed by atoms with E-state index >= 15 is 0 Å². The van der Waals surface area contributed by atoms with Gasteiger partial charge in [0.15, 0.2) is 0 Å². The average Bonchev–Trinajstić information content (AvgIpc) is 2.86. The summed E-state index contributed by atoms with van der Waals surface area (Å²) in [5.41, 5.74) is 2.76. The number of para-hydroxylation sites is 1. The Hall–Kier alpha value is -2.30. The Morgan fingerprint density at radius 1 is 1.29 bits per heavy atom. The second-order valence-corrected chi connectivity index (χ2v) is 6.38. The molecule has 2 heterocycles. The third-order valence-electron chi connectivity index (χ3n) is 4.94. The van der Waals surface area contributed by atoms with Gasteiger partial charge in [-0.3, -0.25) is 9.59 Å². The van der Waals surface area contributed by atoms with E-state index in [2.05, 4.69) is 4.57 Å².